The summed E-state index contributed by atoms with van der Waals surface area (Å²) in [7, 11) is 0. The van der Waals surface area contributed by atoms with Crippen molar-refractivity contribution in [2.75, 3.05) is 26.3 Å². The van der Waals surface area contributed by atoms with Crippen molar-refractivity contribution >= 4 is 35.4 Å². The van der Waals surface area contributed by atoms with Gasteiger partial charge >= 0.3 is 11.9 Å². The van der Waals surface area contributed by atoms with Crippen LogP contribution in [0.5, 0.6) is 0 Å². The van der Waals surface area contributed by atoms with Gasteiger partial charge in [-0.2, -0.15) is 0 Å². The van der Waals surface area contributed by atoms with Crippen molar-refractivity contribution in [3.05, 3.63) is 0 Å². The average Bonchev–Trinajstić information content (AvgIpc) is 2.97. The van der Waals surface area contributed by atoms with Gasteiger partial charge in [0.05, 0.1) is 42.3 Å². The number of carbonyl (C=O) groups is 6. The number of ether oxygens (including phenoxy) is 2. The van der Waals surface area contributed by atoms with E-state index in [0.29, 0.717) is 26.0 Å². The molecule has 0 aliphatic heterocycles. The average molecular weight is 771 g/mol. The molecule has 0 unspecified atom stereocenters. The van der Waals surface area contributed by atoms with Gasteiger partial charge in [-0.15, -0.1) is 0 Å². The molecule has 3 amide bonds. The summed E-state index contributed by atoms with van der Waals surface area (Å²) in [6.45, 7) is 26.8. The van der Waals surface area contributed by atoms with Gasteiger partial charge in [0.15, 0.2) is 5.78 Å². The van der Waals surface area contributed by atoms with Crippen LogP contribution in [0.25, 0.3) is 0 Å². The molecule has 14 heteroatoms. The maximum atomic E-state index is 12.9. The normalized spacial score (nSPS) is 14.2. The molecule has 0 radical (unpaired) electrons. The zero-order chi connectivity index (χ0) is 42.3. The lowest BCUT2D eigenvalue weighted by Crippen LogP contribution is -2.50. The predicted molar refractivity (Wildman–Crippen MR) is 209 cm³/mol. The Morgan fingerprint density at radius 1 is 0.630 bits per heavy atom. The summed E-state index contributed by atoms with van der Waals surface area (Å²) in [5.41, 5.74) is -4.25. The van der Waals surface area contributed by atoms with E-state index in [-0.39, 0.29) is 62.1 Å². The highest BCUT2D eigenvalue weighted by Gasteiger charge is 2.40. The monoisotopic (exact) mass is 771 g/mol. The topological polar surface area (TPSA) is 209 Å². The number of Topliss-reactive ketones (excluding diaryl/α,β-unsaturated/α-hetero) is 1. The first-order chi connectivity index (χ1) is 24.3. The van der Waals surface area contributed by atoms with Crippen molar-refractivity contribution in [1.29, 1.82) is 0 Å². The molecular weight excluding hydrogens is 696 g/mol. The Kier molecular flexibility index (Phi) is 20.0. The van der Waals surface area contributed by atoms with E-state index in [1.165, 1.54) is 13.8 Å². The van der Waals surface area contributed by atoms with Crippen molar-refractivity contribution in [1.82, 2.24) is 21.3 Å². The molecule has 0 aliphatic rings. The van der Waals surface area contributed by atoms with Crippen LogP contribution >= 0.6 is 0 Å². The van der Waals surface area contributed by atoms with E-state index < -0.39 is 57.2 Å². The smallest absolute Gasteiger partial charge is 0.326 e. The van der Waals surface area contributed by atoms with Gasteiger partial charge < -0.3 is 41.0 Å². The van der Waals surface area contributed by atoms with Crippen LogP contribution in [0.15, 0.2) is 0 Å². The van der Waals surface area contributed by atoms with E-state index in [4.69, 9.17) is 9.47 Å². The molecule has 0 spiro atoms. The Morgan fingerprint density at radius 2 is 1.19 bits per heavy atom. The first-order valence-electron chi connectivity index (χ1n) is 19.2. The maximum absolute atomic E-state index is 12.9. The minimum absolute atomic E-state index is 0.00681. The van der Waals surface area contributed by atoms with Crippen LogP contribution in [-0.2, 0) is 38.2 Å². The Hall–Kier alpha value is -3.10. The molecule has 2 atom stereocenters. The van der Waals surface area contributed by atoms with Crippen LogP contribution in [0.4, 0.5) is 0 Å². The molecule has 0 aliphatic carbocycles. The summed E-state index contributed by atoms with van der Waals surface area (Å²) in [5.74, 6) is -3.28. The SMILES string of the molecule is CC(C)(C)N[C@H](CCCCNC(=O)CC(C)(C)OCCC(C)(C)OCCNC(=O)CC[C@H](NC(=O)C(C)(C)CC(C)(C)C(=O)O)C(=O)O)C(=O)C(C)(C)C. The van der Waals surface area contributed by atoms with E-state index in [2.05, 4.69) is 21.3 Å². The first kappa shape index (κ1) is 50.9. The highest BCUT2D eigenvalue weighted by Crippen LogP contribution is 2.34. The van der Waals surface area contributed by atoms with Crippen LogP contribution < -0.4 is 21.3 Å². The van der Waals surface area contributed by atoms with Crippen LogP contribution in [0, 0.1) is 16.2 Å². The minimum Gasteiger partial charge on any atom is -0.481 e. The standard InChI is InChI=1S/C40H74N4O10/c1-35(2,3)31(47)27(44-36(4,5)6)17-15-16-21-41-30(46)25-40(13,14)53-23-20-39(11,12)54-24-22-42-29(45)19-18-28(32(48)49)43-33(50)37(7,8)26-38(9,10)34(51)52/h27-28,44H,15-26H2,1-14H3,(H,41,46)(H,42,45)(H,43,50)(H,48,49)(H,51,52)/t27-,28+/m1/s1. The van der Waals surface area contributed by atoms with Gasteiger partial charge in [0, 0.05) is 35.9 Å². The number of nitrogens with one attached hydrogen (secondary N) is 4. The predicted octanol–water partition coefficient (Wildman–Crippen LogP) is 5.01. The molecule has 0 fully saturated rings. The van der Waals surface area contributed by atoms with Gasteiger partial charge in [-0.25, -0.2) is 4.79 Å². The minimum atomic E-state index is -1.31. The Labute approximate surface area is 324 Å². The second kappa shape index (κ2) is 21.3. The van der Waals surface area contributed by atoms with Crippen molar-refractivity contribution in [3.63, 3.8) is 0 Å². The Bertz CT molecular complexity index is 1260. The number of rotatable bonds is 26. The maximum Gasteiger partial charge on any atom is 0.326 e. The van der Waals surface area contributed by atoms with Gasteiger partial charge in [-0.3, -0.25) is 24.0 Å². The number of carboxylic acids is 2. The molecule has 0 saturated carbocycles. The van der Waals surface area contributed by atoms with Crippen molar-refractivity contribution in [3.8, 4) is 0 Å². The number of hydrogen-bond acceptors (Lipinski definition) is 9. The highest BCUT2D eigenvalue weighted by molar-refractivity contribution is 5.89. The third-order valence-electron chi connectivity index (χ3n) is 8.95. The molecule has 0 aromatic heterocycles. The summed E-state index contributed by atoms with van der Waals surface area (Å²) in [6.07, 6.45) is 2.68. The van der Waals surface area contributed by atoms with Crippen LogP contribution in [0.2, 0.25) is 0 Å². The Morgan fingerprint density at radius 3 is 1.70 bits per heavy atom. The molecule has 0 rings (SSSR count). The summed E-state index contributed by atoms with van der Waals surface area (Å²) < 4.78 is 12.0. The zero-order valence-corrected chi connectivity index (χ0v) is 35.8. The number of hydrogen-bond donors (Lipinski definition) is 6. The number of aliphatic carboxylic acids is 2. The molecule has 0 saturated heterocycles. The quantitative estimate of drug-likeness (QED) is 0.0645. The molecule has 0 aromatic carbocycles. The van der Waals surface area contributed by atoms with Crippen LogP contribution in [0.3, 0.4) is 0 Å². The van der Waals surface area contributed by atoms with Crippen molar-refractivity contribution in [2.45, 2.75) is 177 Å². The van der Waals surface area contributed by atoms with Gasteiger partial charge in [-0.05, 0) is 101 Å². The lowest BCUT2D eigenvalue weighted by molar-refractivity contribution is -0.151. The third-order valence-corrected chi connectivity index (χ3v) is 8.95. The van der Waals surface area contributed by atoms with E-state index in [9.17, 15) is 39.0 Å². The van der Waals surface area contributed by atoms with Gasteiger partial charge in [0.2, 0.25) is 17.7 Å². The number of amides is 3. The fourth-order valence-electron chi connectivity index (χ4n) is 5.91. The van der Waals surface area contributed by atoms with Crippen LogP contribution in [0.1, 0.15) is 148 Å². The van der Waals surface area contributed by atoms with Gasteiger partial charge in [0.1, 0.15) is 6.04 Å². The molecule has 6 N–H and O–H groups in total. The van der Waals surface area contributed by atoms with Crippen molar-refractivity contribution < 1.29 is 48.5 Å². The van der Waals surface area contributed by atoms with E-state index in [1.54, 1.807) is 13.8 Å². The number of ketones is 1. The second-order valence-corrected chi connectivity index (χ2v) is 19.1. The Balaban J connectivity index is 4.57. The highest BCUT2D eigenvalue weighted by atomic mass is 16.5. The van der Waals surface area contributed by atoms with Crippen molar-refractivity contribution in [2.24, 2.45) is 16.2 Å². The molecule has 0 aromatic rings. The second-order valence-electron chi connectivity index (χ2n) is 19.1. The number of carbonyl (C=O) groups excluding carboxylic acids is 4. The zero-order valence-electron chi connectivity index (χ0n) is 35.8. The lowest BCUT2D eigenvalue weighted by Gasteiger charge is -2.32. The summed E-state index contributed by atoms with van der Waals surface area (Å²) in [4.78, 5) is 74.2. The van der Waals surface area contributed by atoms with E-state index >= 15 is 0 Å². The summed E-state index contributed by atoms with van der Waals surface area (Å²) in [6, 6.07) is -1.55. The largest absolute Gasteiger partial charge is 0.481 e. The molecule has 54 heavy (non-hydrogen) atoms. The van der Waals surface area contributed by atoms with E-state index in [1.807, 2.05) is 69.2 Å². The van der Waals surface area contributed by atoms with Gasteiger partial charge in [-0.1, -0.05) is 34.6 Å². The summed E-state index contributed by atoms with van der Waals surface area (Å²) >= 11 is 0. The number of unbranched alkanes of at least 4 members (excludes halogenated alkanes) is 1. The molecule has 0 bridgehead atoms. The van der Waals surface area contributed by atoms with Crippen LogP contribution in [-0.4, -0.2) is 101 Å². The molecule has 0 heterocycles. The fourth-order valence-corrected chi connectivity index (χ4v) is 5.91. The lowest BCUT2D eigenvalue weighted by atomic mass is 9.74. The number of carboxylic acid groups (broad SMARTS) is 2. The fraction of sp³-hybridized carbons (Fsp3) is 0.850. The molecule has 314 valence electrons. The first-order valence-corrected chi connectivity index (χ1v) is 19.2. The molecular formula is C40H74N4O10. The van der Waals surface area contributed by atoms with Gasteiger partial charge in [0.25, 0.3) is 0 Å². The summed E-state index contributed by atoms with van der Waals surface area (Å²) in [5, 5.41) is 30.6. The third kappa shape index (κ3) is 21.7. The molecule has 14 nitrogen and oxygen atoms in total. The van der Waals surface area contributed by atoms with E-state index in [0.717, 1.165) is 12.8 Å².